The van der Waals surface area contributed by atoms with Crippen LogP contribution in [0.5, 0.6) is 0 Å². The van der Waals surface area contributed by atoms with Crippen LogP contribution in [0.1, 0.15) is 56.5 Å². The molecule has 3 rings (SSSR count). The lowest BCUT2D eigenvalue weighted by atomic mass is 9.81. The normalized spacial score (nSPS) is 24.4. The van der Waals surface area contributed by atoms with Crippen LogP contribution in [-0.2, 0) is 11.3 Å². The van der Waals surface area contributed by atoms with Crippen LogP contribution in [0, 0.1) is 12.8 Å². The van der Waals surface area contributed by atoms with Crippen LogP contribution in [0.3, 0.4) is 0 Å². The zero-order valence-electron chi connectivity index (χ0n) is 14.5. The van der Waals surface area contributed by atoms with E-state index in [9.17, 15) is 9.59 Å². The van der Waals surface area contributed by atoms with E-state index in [2.05, 4.69) is 20.2 Å². The van der Waals surface area contributed by atoms with Gasteiger partial charge in [-0.05, 0) is 58.0 Å². The Morgan fingerprint density at radius 3 is 3.00 bits per heavy atom. The molecule has 6 nitrogen and oxygen atoms in total. The van der Waals surface area contributed by atoms with Crippen LogP contribution in [0.15, 0.2) is 10.9 Å². The molecule has 1 amide bonds. The smallest absolute Gasteiger partial charge is 0.251 e. The van der Waals surface area contributed by atoms with Crippen LogP contribution in [0.2, 0.25) is 0 Å². The van der Waals surface area contributed by atoms with Gasteiger partial charge >= 0.3 is 0 Å². The zero-order valence-corrected chi connectivity index (χ0v) is 14.5. The first-order valence-electron chi connectivity index (χ1n) is 9.19. The summed E-state index contributed by atoms with van der Waals surface area (Å²) in [6.07, 6.45) is 8.00. The second-order valence-electron chi connectivity index (χ2n) is 7.14. The van der Waals surface area contributed by atoms with E-state index in [1.807, 2.05) is 0 Å². The molecule has 2 atom stereocenters. The van der Waals surface area contributed by atoms with Crippen molar-refractivity contribution in [1.82, 2.24) is 20.2 Å². The van der Waals surface area contributed by atoms with Crippen molar-refractivity contribution in [3.8, 4) is 0 Å². The SMILES string of the molecule is Cc1nc(CNC(=O)CC[C@@H]2CCCN3CCCC[C@H]23)cc(=O)[nH]1. The first-order chi connectivity index (χ1) is 11.6. The molecule has 0 saturated carbocycles. The summed E-state index contributed by atoms with van der Waals surface area (Å²) in [5.41, 5.74) is 0.437. The summed E-state index contributed by atoms with van der Waals surface area (Å²) in [6.45, 7) is 4.54. The maximum absolute atomic E-state index is 12.2. The molecule has 132 valence electrons. The topological polar surface area (TPSA) is 78.1 Å². The molecule has 0 spiro atoms. The van der Waals surface area contributed by atoms with E-state index in [-0.39, 0.29) is 11.5 Å². The first-order valence-corrected chi connectivity index (χ1v) is 9.19. The van der Waals surface area contributed by atoms with Crippen molar-refractivity contribution in [2.45, 2.75) is 64.5 Å². The van der Waals surface area contributed by atoms with Crippen LogP contribution >= 0.6 is 0 Å². The lowest BCUT2D eigenvalue weighted by Gasteiger charge is -2.44. The molecule has 2 saturated heterocycles. The molecule has 6 heteroatoms. The summed E-state index contributed by atoms with van der Waals surface area (Å²) in [7, 11) is 0. The monoisotopic (exact) mass is 332 g/mol. The van der Waals surface area contributed by atoms with Crippen molar-refractivity contribution >= 4 is 5.91 Å². The molecule has 0 aliphatic carbocycles. The summed E-state index contributed by atoms with van der Waals surface area (Å²) in [4.78, 5) is 33.0. The van der Waals surface area contributed by atoms with E-state index in [1.54, 1.807) is 6.92 Å². The number of piperidine rings is 2. The molecule has 0 bridgehead atoms. The Labute approximate surface area is 143 Å². The van der Waals surface area contributed by atoms with E-state index in [4.69, 9.17) is 0 Å². The van der Waals surface area contributed by atoms with Crippen molar-refractivity contribution in [2.75, 3.05) is 13.1 Å². The van der Waals surface area contributed by atoms with Gasteiger partial charge in [0.25, 0.3) is 5.56 Å². The number of carbonyl (C=O) groups is 1. The lowest BCUT2D eigenvalue weighted by molar-refractivity contribution is -0.121. The number of carbonyl (C=O) groups excluding carboxylic acids is 1. The molecular weight excluding hydrogens is 304 g/mol. The second kappa shape index (κ2) is 7.92. The third-order valence-electron chi connectivity index (χ3n) is 5.35. The van der Waals surface area contributed by atoms with Gasteiger partial charge in [0, 0.05) is 18.5 Å². The van der Waals surface area contributed by atoms with Gasteiger partial charge in [0.1, 0.15) is 5.82 Å². The van der Waals surface area contributed by atoms with Gasteiger partial charge in [-0.25, -0.2) is 4.98 Å². The average molecular weight is 332 g/mol. The highest BCUT2D eigenvalue weighted by Gasteiger charge is 2.32. The Morgan fingerprint density at radius 1 is 1.33 bits per heavy atom. The number of aromatic nitrogens is 2. The highest BCUT2D eigenvalue weighted by molar-refractivity contribution is 5.75. The van der Waals surface area contributed by atoms with Crippen molar-refractivity contribution < 1.29 is 4.79 Å². The fourth-order valence-corrected chi connectivity index (χ4v) is 4.24. The molecule has 0 radical (unpaired) electrons. The first kappa shape index (κ1) is 17.1. The molecule has 24 heavy (non-hydrogen) atoms. The third kappa shape index (κ3) is 4.44. The summed E-state index contributed by atoms with van der Waals surface area (Å²) in [6, 6.07) is 2.13. The third-order valence-corrected chi connectivity index (χ3v) is 5.35. The molecule has 2 aliphatic rings. The number of aryl methyl sites for hydroxylation is 1. The summed E-state index contributed by atoms with van der Waals surface area (Å²) >= 11 is 0. The molecule has 0 unspecified atom stereocenters. The van der Waals surface area contributed by atoms with E-state index >= 15 is 0 Å². The van der Waals surface area contributed by atoms with Gasteiger partial charge in [-0.15, -0.1) is 0 Å². The number of H-pyrrole nitrogens is 1. The number of fused-ring (bicyclic) bond motifs is 1. The number of nitrogens with zero attached hydrogens (tertiary/aromatic N) is 2. The predicted molar refractivity (Wildman–Crippen MR) is 92.6 cm³/mol. The van der Waals surface area contributed by atoms with Gasteiger partial charge < -0.3 is 15.2 Å². The van der Waals surface area contributed by atoms with Gasteiger partial charge in [-0.3, -0.25) is 9.59 Å². The van der Waals surface area contributed by atoms with Crippen LogP contribution < -0.4 is 10.9 Å². The molecular formula is C18H28N4O2. The number of rotatable bonds is 5. The maximum atomic E-state index is 12.2. The average Bonchev–Trinajstić information content (AvgIpc) is 2.57. The van der Waals surface area contributed by atoms with Gasteiger partial charge in [-0.2, -0.15) is 0 Å². The fraction of sp³-hybridized carbons (Fsp3) is 0.722. The summed E-state index contributed by atoms with van der Waals surface area (Å²) < 4.78 is 0. The second-order valence-corrected chi connectivity index (χ2v) is 7.14. The molecule has 1 aromatic heterocycles. The Kier molecular flexibility index (Phi) is 5.66. The van der Waals surface area contributed by atoms with E-state index in [0.717, 1.165) is 6.42 Å². The molecule has 1 aromatic rings. The minimum atomic E-state index is -0.175. The van der Waals surface area contributed by atoms with E-state index < -0.39 is 0 Å². The van der Waals surface area contributed by atoms with Gasteiger partial charge in [0.05, 0.1) is 12.2 Å². The maximum Gasteiger partial charge on any atom is 0.251 e. The number of nitrogens with one attached hydrogen (secondary N) is 2. The van der Waals surface area contributed by atoms with Crippen molar-refractivity contribution in [3.05, 3.63) is 27.9 Å². The molecule has 0 aromatic carbocycles. The van der Waals surface area contributed by atoms with Crippen molar-refractivity contribution in [3.63, 3.8) is 0 Å². The minimum absolute atomic E-state index is 0.0580. The van der Waals surface area contributed by atoms with Crippen molar-refractivity contribution in [1.29, 1.82) is 0 Å². The van der Waals surface area contributed by atoms with Gasteiger partial charge in [0.15, 0.2) is 0 Å². The number of hydrogen-bond acceptors (Lipinski definition) is 4. The Balaban J connectivity index is 1.45. The predicted octanol–water partition coefficient (Wildman–Crippen LogP) is 1.74. The lowest BCUT2D eigenvalue weighted by Crippen LogP contribution is -2.48. The standard InChI is InChI=1S/C18H28N4O2/c1-13-20-15(11-18(24)21-13)12-19-17(23)8-7-14-5-4-10-22-9-3-2-6-16(14)22/h11,14,16H,2-10,12H2,1H3,(H,19,23)(H,20,21,24)/t14-,16+/m0/s1. The summed E-state index contributed by atoms with van der Waals surface area (Å²) in [5.74, 6) is 1.29. The Morgan fingerprint density at radius 2 is 2.17 bits per heavy atom. The van der Waals surface area contributed by atoms with E-state index in [0.29, 0.717) is 36.4 Å². The molecule has 2 fully saturated rings. The highest BCUT2D eigenvalue weighted by atomic mass is 16.1. The minimum Gasteiger partial charge on any atom is -0.350 e. The Hall–Kier alpha value is -1.69. The largest absolute Gasteiger partial charge is 0.350 e. The van der Waals surface area contributed by atoms with Gasteiger partial charge in [-0.1, -0.05) is 6.42 Å². The van der Waals surface area contributed by atoms with Crippen LogP contribution in [0.4, 0.5) is 0 Å². The fourth-order valence-electron chi connectivity index (χ4n) is 4.24. The summed E-state index contributed by atoms with van der Waals surface area (Å²) in [5, 5.41) is 2.90. The zero-order chi connectivity index (χ0) is 16.9. The van der Waals surface area contributed by atoms with E-state index in [1.165, 1.54) is 51.3 Å². The van der Waals surface area contributed by atoms with Crippen molar-refractivity contribution in [2.24, 2.45) is 5.92 Å². The Bertz CT molecular complexity index is 626. The quantitative estimate of drug-likeness (QED) is 0.861. The number of aromatic amines is 1. The molecule has 2 N–H and O–H groups in total. The molecule has 3 heterocycles. The van der Waals surface area contributed by atoms with Crippen LogP contribution in [0.25, 0.3) is 0 Å². The highest BCUT2D eigenvalue weighted by Crippen LogP contribution is 2.33. The van der Waals surface area contributed by atoms with Crippen LogP contribution in [-0.4, -0.2) is 39.9 Å². The van der Waals surface area contributed by atoms with Gasteiger partial charge in [0.2, 0.25) is 5.91 Å². The number of amides is 1. The number of hydrogen-bond donors (Lipinski definition) is 2. The molecule has 2 aliphatic heterocycles.